The molecule has 0 amide bonds. The minimum absolute atomic E-state index is 0.0350. The smallest absolute Gasteiger partial charge is 0.387 e. The zero-order chi connectivity index (χ0) is 32.1. The molecule has 1 atom stereocenters. The van der Waals surface area contributed by atoms with Gasteiger partial charge in [-0.2, -0.15) is 0 Å². The Bertz CT molecular complexity index is 1530. The van der Waals surface area contributed by atoms with Gasteiger partial charge in [-0.15, -0.1) is 0 Å². The van der Waals surface area contributed by atoms with Gasteiger partial charge in [0.1, 0.15) is 11.2 Å². The van der Waals surface area contributed by atoms with Crippen LogP contribution in [0.4, 0.5) is 0 Å². The highest BCUT2D eigenvalue weighted by Crippen LogP contribution is 2.45. The molecule has 0 saturated carbocycles. The normalized spacial score (nSPS) is 14.1. The molecule has 0 bridgehead atoms. The van der Waals surface area contributed by atoms with E-state index in [1.807, 2.05) is 6.07 Å². The topological polar surface area (TPSA) is 38.8 Å². The first-order valence-corrected chi connectivity index (χ1v) is 16.7. The Morgan fingerprint density at radius 3 is 1.40 bits per heavy atom. The van der Waals surface area contributed by atoms with E-state index in [9.17, 15) is 0 Å². The van der Waals surface area contributed by atoms with Crippen molar-refractivity contribution in [2.75, 3.05) is 20.7 Å². The number of rotatable bonds is 5. The average molecular weight is 604 g/mol. The Labute approximate surface area is 261 Å². The van der Waals surface area contributed by atoms with Gasteiger partial charge >= 0.3 is 8.24 Å². The summed E-state index contributed by atoms with van der Waals surface area (Å²) in [5, 5.41) is 2.18. The molecule has 1 aromatic heterocycles. The predicted octanol–water partition coefficient (Wildman–Crippen LogP) is 11.2. The van der Waals surface area contributed by atoms with E-state index >= 15 is 0 Å². The molecule has 1 heterocycles. The second-order valence-electron chi connectivity index (χ2n) is 16.4. The maximum absolute atomic E-state index is 6.93. The first-order valence-electron chi connectivity index (χ1n) is 15.6. The van der Waals surface area contributed by atoms with Gasteiger partial charge in [0.25, 0.3) is 0 Å². The van der Waals surface area contributed by atoms with Crippen LogP contribution in [0, 0.1) is 0 Å². The van der Waals surface area contributed by atoms with Crippen LogP contribution in [0.5, 0.6) is 0 Å². The molecule has 4 nitrogen and oxygen atoms in total. The summed E-state index contributed by atoms with van der Waals surface area (Å²) in [4.78, 5) is 2.19. The fourth-order valence-electron chi connectivity index (χ4n) is 5.41. The number of likely N-dealkylation sites (N-methyl/N-ethyl adjacent to an activating group) is 1. The van der Waals surface area contributed by atoms with Crippen molar-refractivity contribution >= 4 is 30.2 Å². The molecule has 0 unspecified atom stereocenters. The third kappa shape index (κ3) is 7.42. The van der Waals surface area contributed by atoms with Gasteiger partial charge in [-0.3, -0.25) is 4.52 Å². The van der Waals surface area contributed by atoms with Gasteiger partial charge in [0.05, 0.1) is 12.6 Å². The Balaban J connectivity index is 2.15. The largest absolute Gasteiger partial charge is 0.399 e. The zero-order valence-corrected chi connectivity index (χ0v) is 30.0. The maximum Gasteiger partial charge on any atom is 0.387 e. The fraction of sp³-hybridized carbons (Fsp3) is 0.526. The summed E-state index contributed by atoms with van der Waals surface area (Å²) in [5.41, 5.74) is 7.49. The van der Waals surface area contributed by atoms with Crippen LogP contribution in [-0.2, 0) is 21.7 Å². The summed E-state index contributed by atoms with van der Waals surface area (Å²) in [5.74, 6) is 0. The standard InChI is InChI=1S/C38H54NO3P/c1-35(2,3)26-20-28-29-21-27(36(4,5)6)23-31(38(10,11)12)34(29)42-43(41-33(28)30(22-26)37(7,8)9)40-24-32(39(13)14)25-18-16-15-17-19-25/h15-23,32H,24H2,1-14H3/t32-/m1/s1. The molecule has 4 rings (SSSR count). The SMILES string of the molecule is CN(C)[C@H](COp1oc2c(C(C)(C)C)cc(C(C)(C)C)cc2c2cc(C(C)(C)C)cc(C(C)(C)C)c2o1)c1ccccc1. The van der Waals surface area contributed by atoms with Gasteiger partial charge < -0.3 is 13.3 Å². The van der Waals surface area contributed by atoms with E-state index in [0.29, 0.717) is 6.61 Å². The second kappa shape index (κ2) is 11.8. The highest BCUT2D eigenvalue weighted by atomic mass is 31.1. The van der Waals surface area contributed by atoms with Gasteiger partial charge in [0, 0.05) is 21.9 Å². The van der Waals surface area contributed by atoms with Gasteiger partial charge in [-0.25, -0.2) is 0 Å². The zero-order valence-electron chi connectivity index (χ0n) is 29.1. The lowest BCUT2D eigenvalue weighted by atomic mass is 9.77. The van der Waals surface area contributed by atoms with Gasteiger partial charge in [0.15, 0.2) is 0 Å². The van der Waals surface area contributed by atoms with Crippen LogP contribution in [-0.4, -0.2) is 25.6 Å². The Kier molecular flexibility index (Phi) is 9.13. The van der Waals surface area contributed by atoms with Gasteiger partial charge in [-0.05, 0) is 64.6 Å². The van der Waals surface area contributed by atoms with E-state index in [1.165, 1.54) is 27.8 Å². The molecule has 234 valence electrons. The molecule has 4 aromatic rings. The van der Waals surface area contributed by atoms with E-state index in [1.54, 1.807) is 0 Å². The molecule has 5 heteroatoms. The lowest BCUT2D eigenvalue weighted by Crippen LogP contribution is -2.25. The van der Waals surface area contributed by atoms with Crippen molar-refractivity contribution in [3.8, 4) is 0 Å². The van der Waals surface area contributed by atoms with Crippen LogP contribution in [0.2, 0.25) is 0 Å². The van der Waals surface area contributed by atoms with Crippen molar-refractivity contribution in [1.29, 1.82) is 0 Å². The number of nitrogens with zero attached hydrogens (tertiary/aromatic N) is 1. The number of hydrogen-bond acceptors (Lipinski definition) is 4. The fourth-order valence-corrected chi connectivity index (χ4v) is 6.50. The lowest BCUT2D eigenvalue weighted by Gasteiger charge is -2.27. The first-order chi connectivity index (χ1) is 19.7. The summed E-state index contributed by atoms with van der Waals surface area (Å²) in [6, 6.07) is 19.9. The summed E-state index contributed by atoms with van der Waals surface area (Å²) in [7, 11) is 2.43. The summed E-state index contributed by atoms with van der Waals surface area (Å²) >= 11 is 0. The van der Waals surface area contributed by atoms with Crippen molar-refractivity contribution in [2.24, 2.45) is 0 Å². The van der Waals surface area contributed by atoms with Crippen LogP contribution in [0.1, 0.15) is 117 Å². The molecule has 0 aliphatic rings. The molecule has 0 aliphatic heterocycles. The Morgan fingerprint density at radius 2 is 1.05 bits per heavy atom. The second-order valence-corrected chi connectivity index (χ2v) is 17.5. The molecular formula is C38H54NO3P. The minimum Gasteiger partial charge on any atom is -0.399 e. The number of hydrogen-bond donors (Lipinski definition) is 0. The van der Waals surface area contributed by atoms with E-state index in [0.717, 1.165) is 21.9 Å². The third-order valence-corrected chi connectivity index (χ3v) is 9.32. The highest BCUT2D eigenvalue weighted by Gasteiger charge is 2.29. The molecule has 0 radical (unpaired) electrons. The third-order valence-electron chi connectivity index (χ3n) is 8.29. The summed E-state index contributed by atoms with van der Waals surface area (Å²) < 4.78 is 20.5. The summed E-state index contributed by atoms with van der Waals surface area (Å²) in [6.45, 7) is 27.7. The lowest BCUT2D eigenvalue weighted by molar-refractivity contribution is 0.215. The summed E-state index contributed by atoms with van der Waals surface area (Å²) in [6.07, 6.45) is 0. The Hall–Kier alpha value is -2.52. The molecule has 0 N–H and O–H groups in total. The number of fused-ring (bicyclic) bond motifs is 3. The van der Waals surface area contributed by atoms with E-state index in [4.69, 9.17) is 12.9 Å². The molecule has 0 fully saturated rings. The van der Waals surface area contributed by atoms with Crippen molar-refractivity contribution in [2.45, 2.75) is 111 Å². The minimum atomic E-state index is -1.75. The van der Waals surface area contributed by atoms with E-state index in [2.05, 4.69) is 151 Å². The molecular weight excluding hydrogens is 549 g/mol. The van der Waals surface area contributed by atoms with Crippen molar-refractivity contribution in [3.05, 3.63) is 82.4 Å². The van der Waals surface area contributed by atoms with Crippen LogP contribution in [0.25, 0.3) is 21.9 Å². The monoisotopic (exact) mass is 603 g/mol. The van der Waals surface area contributed by atoms with E-state index < -0.39 is 8.24 Å². The van der Waals surface area contributed by atoms with Crippen LogP contribution < -0.4 is 4.52 Å². The average Bonchev–Trinajstić information content (AvgIpc) is 3.02. The van der Waals surface area contributed by atoms with Crippen molar-refractivity contribution in [1.82, 2.24) is 4.90 Å². The molecule has 0 saturated heterocycles. The molecule has 43 heavy (non-hydrogen) atoms. The van der Waals surface area contributed by atoms with Crippen molar-refractivity contribution < 1.29 is 12.9 Å². The quantitative estimate of drug-likeness (QED) is 0.227. The van der Waals surface area contributed by atoms with Crippen molar-refractivity contribution in [3.63, 3.8) is 0 Å². The molecule has 3 aromatic carbocycles. The van der Waals surface area contributed by atoms with Crippen LogP contribution >= 0.6 is 8.24 Å². The van der Waals surface area contributed by atoms with E-state index in [-0.39, 0.29) is 27.7 Å². The highest BCUT2D eigenvalue weighted by molar-refractivity contribution is 7.31. The van der Waals surface area contributed by atoms with Gasteiger partial charge in [0.2, 0.25) is 0 Å². The number of benzene rings is 3. The Morgan fingerprint density at radius 1 is 0.628 bits per heavy atom. The van der Waals surface area contributed by atoms with Crippen LogP contribution in [0.3, 0.4) is 0 Å². The molecule has 0 spiro atoms. The predicted molar refractivity (Wildman–Crippen MR) is 185 cm³/mol. The van der Waals surface area contributed by atoms with Gasteiger partial charge in [-0.1, -0.05) is 126 Å². The maximum atomic E-state index is 6.93. The molecule has 0 aliphatic carbocycles. The first kappa shape index (κ1) is 33.4. The van der Waals surface area contributed by atoms with Crippen LogP contribution in [0.15, 0.2) is 63.0 Å².